The average molecular weight is 837 g/mol. The van der Waals surface area contributed by atoms with Crippen LogP contribution in [-0.2, 0) is 15.0 Å². The van der Waals surface area contributed by atoms with Crippen molar-refractivity contribution in [2.75, 3.05) is 5.32 Å². The summed E-state index contributed by atoms with van der Waals surface area (Å²) in [5.74, 6) is -1.58. The van der Waals surface area contributed by atoms with Gasteiger partial charge in [-0.1, -0.05) is 104 Å². The summed E-state index contributed by atoms with van der Waals surface area (Å²) in [6.07, 6.45) is 7.16. The van der Waals surface area contributed by atoms with Crippen molar-refractivity contribution >= 4 is 40.7 Å². The van der Waals surface area contributed by atoms with Gasteiger partial charge in [-0.05, 0) is 97.2 Å². The molecule has 2 saturated carbocycles. The van der Waals surface area contributed by atoms with Crippen LogP contribution in [0, 0.1) is 11.2 Å². The number of aliphatic hydroxyl groups is 1. The zero-order valence-corrected chi connectivity index (χ0v) is 34.6. The van der Waals surface area contributed by atoms with Gasteiger partial charge < -0.3 is 20.7 Å². The molecule has 2 aliphatic carbocycles. The van der Waals surface area contributed by atoms with Crippen molar-refractivity contribution in [3.8, 4) is 0 Å². The van der Waals surface area contributed by atoms with Gasteiger partial charge in [0, 0.05) is 40.3 Å². The number of fused-ring (bicyclic) bond motifs is 3. The summed E-state index contributed by atoms with van der Waals surface area (Å²) in [6.45, 7) is 4.45. The Kier molecular flexibility index (Phi) is 10.4. The number of halogens is 3. The Morgan fingerprint density at radius 2 is 1.61 bits per heavy atom. The number of rotatable bonds is 8. The number of hydrogen-bond donors (Lipinski definition) is 4. The molecule has 5 atom stereocenters. The summed E-state index contributed by atoms with van der Waals surface area (Å²) < 4.78 is 17.1. The third-order valence-corrected chi connectivity index (χ3v) is 14.5. The van der Waals surface area contributed by atoms with Gasteiger partial charge in [-0.3, -0.25) is 14.5 Å². The fourth-order valence-electron chi connectivity index (χ4n) is 11.2. The average Bonchev–Trinajstić information content (AvgIpc) is 3.94. The molecule has 4 N–H and O–H groups in total. The maximum Gasteiger partial charge on any atom is 0.238 e. The molecule has 2 aromatic heterocycles. The Hall–Kier alpha value is -4.68. The lowest BCUT2D eigenvalue weighted by Gasteiger charge is -2.56. The van der Waals surface area contributed by atoms with Crippen LogP contribution in [0.4, 0.5) is 10.1 Å². The van der Waals surface area contributed by atoms with Crippen molar-refractivity contribution in [3.63, 3.8) is 0 Å². The minimum absolute atomic E-state index is 0.0977. The number of nitrogens with zero attached hydrogens (tertiary/aromatic N) is 4. The maximum atomic E-state index is 17.1. The number of pyridine rings is 1. The molecule has 10 nitrogen and oxygen atoms in total. The van der Waals surface area contributed by atoms with E-state index in [-0.39, 0.29) is 39.9 Å². The van der Waals surface area contributed by atoms with Gasteiger partial charge in [0.1, 0.15) is 17.6 Å². The Labute approximate surface area is 353 Å². The van der Waals surface area contributed by atoms with Gasteiger partial charge in [-0.15, -0.1) is 10.2 Å². The molecule has 0 bridgehead atoms. The van der Waals surface area contributed by atoms with E-state index >= 15 is 14.0 Å². The van der Waals surface area contributed by atoms with Crippen molar-refractivity contribution in [1.82, 2.24) is 30.4 Å². The van der Waals surface area contributed by atoms with Gasteiger partial charge in [-0.2, -0.15) is 0 Å². The second-order valence-corrected chi connectivity index (χ2v) is 18.4. The molecular formula is C46H48Cl2FN7O3. The summed E-state index contributed by atoms with van der Waals surface area (Å²) in [6, 6.07) is 23.8. The second-order valence-electron chi connectivity index (χ2n) is 17.6. The number of carbonyl (C=O) groups is 2. The van der Waals surface area contributed by atoms with Gasteiger partial charge in [0.25, 0.3) is 0 Å². The number of H-pyrrole nitrogens is 1. The largest absolute Gasteiger partial charge is 0.386 e. The van der Waals surface area contributed by atoms with Gasteiger partial charge in [0.05, 0.1) is 18.2 Å². The van der Waals surface area contributed by atoms with Gasteiger partial charge in [0.2, 0.25) is 11.8 Å². The predicted octanol–water partition coefficient (Wildman–Crippen LogP) is 8.96. The molecule has 2 amide bonds. The van der Waals surface area contributed by atoms with Crippen LogP contribution in [-0.4, -0.2) is 59.6 Å². The minimum atomic E-state index is -1.55. The lowest BCUT2D eigenvalue weighted by molar-refractivity contribution is -0.137. The molecule has 59 heavy (non-hydrogen) atoms. The van der Waals surface area contributed by atoms with Crippen LogP contribution in [0.3, 0.4) is 0 Å². The molecule has 13 heteroatoms. The smallest absolute Gasteiger partial charge is 0.238 e. The molecule has 2 aliphatic heterocycles. The zero-order valence-electron chi connectivity index (χ0n) is 33.0. The quantitative estimate of drug-likeness (QED) is 0.115. The molecule has 4 heterocycles. The van der Waals surface area contributed by atoms with Crippen LogP contribution in [0.25, 0.3) is 0 Å². The fourth-order valence-corrected chi connectivity index (χ4v) is 11.5. The first kappa shape index (κ1) is 39.8. The van der Waals surface area contributed by atoms with E-state index in [0.717, 1.165) is 24.2 Å². The SMILES string of the molecule is CC1(C)CCC2(CC1)N([C@H](c1ccccc1)[C@@H](O)c1ccccc1)[C@@H](C(=O)N[C@H]1CC[C@H](c3nnc[nH]3)CC1)[C@H](c1ccnc(Cl)c1F)[C@]21C(=O)Nc2cc(Cl)ccc21. The molecule has 306 valence electrons. The third kappa shape index (κ3) is 6.56. The van der Waals surface area contributed by atoms with E-state index in [4.69, 9.17) is 23.2 Å². The van der Waals surface area contributed by atoms with Crippen LogP contribution in [0.1, 0.15) is 117 Å². The lowest BCUT2D eigenvalue weighted by Crippen LogP contribution is -2.64. The predicted molar refractivity (Wildman–Crippen MR) is 224 cm³/mol. The number of aliphatic hydroxyl groups excluding tert-OH is 1. The van der Waals surface area contributed by atoms with Crippen LogP contribution >= 0.6 is 23.2 Å². The monoisotopic (exact) mass is 835 g/mol. The topological polar surface area (TPSA) is 136 Å². The van der Waals surface area contributed by atoms with E-state index in [9.17, 15) is 5.11 Å². The van der Waals surface area contributed by atoms with Gasteiger partial charge in [0.15, 0.2) is 11.0 Å². The molecular weight excluding hydrogens is 788 g/mol. The standard InChI is InChI=1S/C46H48Cl2FN7O3/c1-44(2)20-22-45(23-21-44)46(33-18-15-30(47)25-34(33)54-43(46)59)35(32-19-24-50-40(48)36(32)49)38(42(58)53-31-16-13-29(14-17-31)41-51-26-52-55-41)56(45)37(27-9-5-3-6-10-27)39(57)28-11-7-4-8-12-28/h3-12,15,18-19,24-26,29,31,35,37-39,57H,13-14,16-17,20-23H2,1-2H3,(H,53,58)(H,54,59)(H,51,52,55)/t29-,31-,35-,37+,38+,39-,46+/m0/s1. The van der Waals surface area contributed by atoms with Crippen molar-refractivity contribution in [1.29, 1.82) is 0 Å². The highest BCUT2D eigenvalue weighted by molar-refractivity contribution is 6.31. The van der Waals surface area contributed by atoms with Gasteiger partial charge in [-0.25, -0.2) is 9.37 Å². The number of aromatic amines is 1. The number of aromatic nitrogens is 4. The molecule has 9 rings (SSSR count). The summed E-state index contributed by atoms with van der Waals surface area (Å²) >= 11 is 13.2. The molecule has 5 aromatic rings. The van der Waals surface area contributed by atoms with Crippen molar-refractivity contribution < 1.29 is 19.1 Å². The zero-order chi connectivity index (χ0) is 41.1. The van der Waals surface area contributed by atoms with E-state index in [1.165, 1.54) is 6.20 Å². The van der Waals surface area contributed by atoms with E-state index in [0.29, 0.717) is 60.4 Å². The van der Waals surface area contributed by atoms with Crippen molar-refractivity contribution in [2.24, 2.45) is 5.41 Å². The highest BCUT2D eigenvalue weighted by Crippen LogP contribution is 2.70. The fraction of sp³-hybridized carbons (Fsp3) is 0.413. The third-order valence-electron chi connectivity index (χ3n) is 14.0. The minimum Gasteiger partial charge on any atom is -0.386 e. The van der Waals surface area contributed by atoms with E-state index < -0.39 is 40.9 Å². The molecule has 3 fully saturated rings. The van der Waals surface area contributed by atoms with Crippen LogP contribution < -0.4 is 10.6 Å². The summed E-state index contributed by atoms with van der Waals surface area (Å²) in [5.41, 5.74) is -0.107. The molecule has 4 aliphatic rings. The van der Waals surface area contributed by atoms with E-state index in [2.05, 4.69) is 49.5 Å². The second kappa shape index (κ2) is 15.4. The summed E-state index contributed by atoms with van der Waals surface area (Å²) in [5, 5.41) is 27.9. The first-order valence-electron chi connectivity index (χ1n) is 20.6. The Balaban J connectivity index is 1.31. The molecule has 0 unspecified atom stereocenters. The number of anilines is 1. The maximum absolute atomic E-state index is 17.1. The molecule has 1 saturated heterocycles. The number of benzene rings is 3. The number of nitrogens with one attached hydrogen (secondary N) is 3. The number of hydrogen-bond acceptors (Lipinski definition) is 7. The Morgan fingerprint density at radius 3 is 2.27 bits per heavy atom. The van der Waals surface area contributed by atoms with Crippen LogP contribution in [0.5, 0.6) is 0 Å². The molecule has 3 aromatic carbocycles. The Bertz CT molecular complexity index is 2330. The first-order chi connectivity index (χ1) is 28.4. The molecule has 0 radical (unpaired) electrons. The van der Waals surface area contributed by atoms with Crippen LogP contribution in [0.2, 0.25) is 10.2 Å². The summed E-state index contributed by atoms with van der Waals surface area (Å²) in [7, 11) is 0. The highest BCUT2D eigenvalue weighted by atomic mass is 35.5. The normalized spacial score (nSPS) is 27.0. The lowest BCUT2D eigenvalue weighted by atomic mass is 9.53. The number of amides is 2. The van der Waals surface area contributed by atoms with Crippen LogP contribution in [0.15, 0.2) is 97.5 Å². The first-order valence-corrected chi connectivity index (χ1v) is 21.3. The molecule has 2 spiro atoms. The van der Waals surface area contributed by atoms with Crippen molar-refractivity contribution in [3.05, 3.63) is 142 Å². The highest BCUT2D eigenvalue weighted by Gasteiger charge is 2.77. The number of likely N-dealkylation sites (tertiary alicyclic amines) is 1. The Morgan fingerprint density at radius 1 is 0.932 bits per heavy atom. The van der Waals surface area contributed by atoms with Gasteiger partial charge >= 0.3 is 0 Å². The van der Waals surface area contributed by atoms with E-state index in [1.54, 1.807) is 24.5 Å². The van der Waals surface area contributed by atoms with E-state index in [1.807, 2.05) is 66.7 Å². The van der Waals surface area contributed by atoms with Crippen molar-refractivity contribution in [2.45, 2.75) is 112 Å². The number of carbonyl (C=O) groups excluding carboxylic acids is 2. The summed E-state index contributed by atoms with van der Waals surface area (Å²) in [4.78, 5) is 40.9.